The normalized spacial score (nSPS) is 13.7. The number of carbonyl (C=O) groups is 3. The van der Waals surface area contributed by atoms with Crippen molar-refractivity contribution in [2.45, 2.75) is 71.9 Å². The van der Waals surface area contributed by atoms with E-state index >= 15 is 0 Å². The first-order valence-corrected chi connectivity index (χ1v) is 8.84. The third-order valence-electron chi connectivity index (χ3n) is 3.33. The van der Waals surface area contributed by atoms with Crippen LogP contribution in [0.3, 0.4) is 0 Å². The van der Waals surface area contributed by atoms with Crippen molar-refractivity contribution in [2.24, 2.45) is 11.0 Å². The highest BCUT2D eigenvalue weighted by molar-refractivity contribution is 5.78. The molecule has 0 radical (unpaired) electrons. The zero-order chi connectivity index (χ0) is 20.2. The lowest BCUT2D eigenvalue weighted by Gasteiger charge is -2.21. The number of carboxylic acid groups (broad SMARTS) is 1. The van der Waals surface area contributed by atoms with Crippen molar-refractivity contribution in [3.05, 3.63) is 0 Å². The van der Waals surface area contributed by atoms with Gasteiger partial charge in [0.15, 0.2) is 0 Å². The van der Waals surface area contributed by atoms with Crippen LogP contribution in [0.25, 0.3) is 0 Å². The summed E-state index contributed by atoms with van der Waals surface area (Å²) in [7, 11) is 0. The summed E-state index contributed by atoms with van der Waals surface area (Å²) in [5, 5.41) is 17.8. The van der Waals surface area contributed by atoms with Crippen LogP contribution in [-0.2, 0) is 9.53 Å². The molecule has 0 saturated carbocycles. The van der Waals surface area contributed by atoms with E-state index in [-0.39, 0.29) is 12.0 Å². The quantitative estimate of drug-likeness (QED) is 0.266. The molecule has 0 bridgehead atoms. The van der Waals surface area contributed by atoms with Gasteiger partial charge in [0.25, 0.3) is 0 Å². The maximum atomic E-state index is 11.7. The van der Waals surface area contributed by atoms with Gasteiger partial charge in [-0.15, -0.1) is 0 Å². The Balaban J connectivity index is 4.00. The molecule has 26 heavy (non-hydrogen) atoms. The first kappa shape index (κ1) is 23.7. The fourth-order valence-electron chi connectivity index (χ4n) is 1.83. The van der Waals surface area contributed by atoms with Gasteiger partial charge in [0.1, 0.15) is 5.60 Å². The summed E-state index contributed by atoms with van der Waals surface area (Å²) in [5.41, 5.74) is 1.74. The molecule has 9 nitrogen and oxygen atoms in total. The Labute approximate surface area is 154 Å². The standard InChI is InChI=1S/C17H32N4O5/c1-6-13(20-16(25)26-17(3,4)5)11-19-21-15(24)18-10-8-7-9-12(2)14(22)23/h11-13H,6-10H2,1-5H3,(H,20,25)(H,22,23)(H2,18,21,24)/b19-11+/t12-,13?/m1/s1. The molecule has 0 aromatic rings. The van der Waals surface area contributed by atoms with Crippen LogP contribution >= 0.6 is 0 Å². The monoisotopic (exact) mass is 372 g/mol. The topological polar surface area (TPSA) is 129 Å². The summed E-state index contributed by atoms with van der Waals surface area (Å²) in [5.74, 6) is -1.19. The van der Waals surface area contributed by atoms with Crippen molar-refractivity contribution in [2.75, 3.05) is 6.54 Å². The van der Waals surface area contributed by atoms with E-state index in [0.717, 1.165) is 0 Å². The molecule has 0 fully saturated rings. The second-order valence-electron chi connectivity index (χ2n) is 7.04. The van der Waals surface area contributed by atoms with Crippen LogP contribution in [0.4, 0.5) is 9.59 Å². The van der Waals surface area contributed by atoms with Crippen LogP contribution in [0.1, 0.15) is 60.3 Å². The van der Waals surface area contributed by atoms with Crippen molar-refractivity contribution < 1.29 is 24.2 Å². The number of urea groups is 1. The summed E-state index contributed by atoms with van der Waals surface area (Å²) in [6.07, 6.45) is 3.45. The van der Waals surface area contributed by atoms with Crippen molar-refractivity contribution in [1.82, 2.24) is 16.1 Å². The van der Waals surface area contributed by atoms with E-state index < -0.39 is 23.7 Å². The molecule has 0 spiro atoms. The molecule has 1 unspecified atom stereocenters. The number of aliphatic carboxylic acids is 1. The van der Waals surface area contributed by atoms with E-state index in [4.69, 9.17) is 9.84 Å². The number of ether oxygens (including phenoxy) is 1. The third-order valence-corrected chi connectivity index (χ3v) is 3.33. The van der Waals surface area contributed by atoms with Crippen molar-refractivity contribution in [3.63, 3.8) is 0 Å². The number of amides is 3. The average molecular weight is 372 g/mol. The Hall–Kier alpha value is -2.32. The number of hydrazone groups is 1. The van der Waals surface area contributed by atoms with Crippen LogP contribution in [-0.4, -0.2) is 47.6 Å². The number of rotatable bonds is 10. The second kappa shape index (κ2) is 12.1. The van der Waals surface area contributed by atoms with Gasteiger partial charge in [0.05, 0.1) is 12.0 Å². The molecule has 150 valence electrons. The lowest BCUT2D eigenvalue weighted by molar-refractivity contribution is -0.141. The number of unbranched alkanes of at least 4 members (excludes halogenated alkanes) is 1. The molecule has 2 atom stereocenters. The van der Waals surface area contributed by atoms with E-state index in [1.807, 2.05) is 6.92 Å². The van der Waals surface area contributed by atoms with Gasteiger partial charge in [-0.25, -0.2) is 15.0 Å². The number of carboxylic acids is 1. The molecule has 0 aliphatic carbocycles. The Morgan fingerprint density at radius 2 is 1.88 bits per heavy atom. The lowest BCUT2D eigenvalue weighted by Crippen LogP contribution is -2.40. The number of nitrogens with one attached hydrogen (secondary N) is 3. The highest BCUT2D eigenvalue weighted by atomic mass is 16.6. The largest absolute Gasteiger partial charge is 0.481 e. The van der Waals surface area contributed by atoms with E-state index in [9.17, 15) is 14.4 Å². The van der Waals surface area contributed by atoms with Crippen molar-refractivity contribution in [3.8, 4) is 0 Å². The van der Waals surface area contributed by atoms with E-state index in [1.54, 1.807) is 27.7 Å². The fraction of sp³-hybridized carbons (Fsp3) is 0.765. The molecular formula is C17H32N4O5. The zero-order valence-corrected chi connectivity index (χ0v) is 16.3. The smallest absolute Gasteiger partial charge is 0.408 e. The van der Waals surface area contributed by atoms with Gasteiger partial charge >= 0.3 is 18.1 Å². The lowest BCUT2D eigenvalue weighted by atomic mass is 10.0. The molecule has 4 N–H and O–H groups in total. The Kier molecular flexibility index (Phi) is 11.0. The van der Waals surface area contributed by atoms with Gasteiger partial charge < -0.3 is 20.5 Å². The van der Waals surface area contributed by atoms with E-state index in [2.05, 4.69) is 21.2 Å². The Morgan fingerprint density at radius 3 is 2.42 bits per heavy atom. The molecular weight excluding hydrogens is 340 g/mol. The minimum Gasteiger partial charge on any atom is -0.481 e. The van der Waals surface area contributed by atoms with Gasteiger partial charge in [-0.05, 0) is 40.0 Å². The van der Waals surface area contributed by atoms with Crippen molar-refractivity contribution >= 4 is 24.3 Å². The predicted molar refractivity (Wildman–Crippen MR) is 99.1 cm³/mol. The number of alkyl carbamates (subject to hydrolysis) is 1. The first-order valence-electron chi connectivity index (χ1n) is 8.84. The SMILES string of the molecule is CCC(/C=N/NC(=O)NCCCC[C@@H](C)C(=O)O)NC(=O)OC(C)(C)C. The van der Waals surface area contributed by atoms with Gasteiger partial charge in [-0.1, -0.05) is 20.3 Å². The predicted octanol–water partition coefficient (Wildman–Crippen LogP) is 2.47. The maximum absolute atomic E-state index is 11.7. The molecule has 0 aliphatic heterocycles. The van der Waals surface area contributed by atoms with Gasteiger partial charge in [-0.2, -0.15) is 5.10 Å². The summed E-state index contributed by atoms with van der Waals surface area (Å²) < 4.78 is 5.16. The summed E-state index contributed by atoms with van der Waals surface area (Å²) in [6, 6.07) is -0.817. The molecule has 3 amide bonds. The van der Waals surface area contributed by atoms with Crippen LogP contribution in [0, 0.1) is 5.92 Å². The van der Waals surface area contributed by atoms with Crippen LogP contribution in [0.2, 0.25) is 0 Å². The van der Waals surface area contributed by atoms with Crippen LogP contribution in [0.15, 0.2) is 5.10 Å². The molecule has 0 aliphatic rings. The minimum absolute atomic E-state index is 0.359. The number of hydrogen-bond donors (Lipinski definition) is 4. The highest BCUT2D eigenvalue weighted by Crippen LogP contribution is 2.07. The molecule has 0 aromatic carbocycles. The van der Waals surface area contributed by atoms with Crippen LogP contribution < -0.4 is 16.1 Å². The highest BCUT2D eigenvalue weighted by Gasteiger charge is 2.18. The molecule has 0 saturated heterocycles. The van der Waals surface area contributed by atoms with Gasteiger partial charge in [0, 0.05) is 12.8 Å². The average Bonchev–Trinajstić information content (AvgIpc) is 2.51. The number of hydrogen-bond acceptors (Lipinski definition) is 5. The van der Waals surface area contributed by atoms with Crippen LogP contribution in [0.5, 0.6) is 0 Å². The summed E-state index contributed by atoms with van der Waals surface area (Å²) >= 11 is 0. The summed E-state index contributed by atoms with van der Waals surface area (Å²) in [6.45, 7) is 9.28. The molecule has 0 heterocycles. The molecule has 9 heteroatoms. The zero-order valence-electron chi connectivity index (χ0n) is 16.3. The van der Waals surface area contributed by atoms with E-state index in [1.165, 1.54) is 6.21 Å². The second-order valence-corrected chi connectivity index (χ2v) is 7.04. The van der Waals surface area contributed by atoms with E-state index in [0.29, 0.717) is 32.2 Å². The Morgan fingerprint density at radius 1 is 1.23 bits per heavy atom. The fourth-order valence-corrected chi connectivity index (χ4v) is 1.83. The maximum Gasteiger partial charge on any atom is 0.408 e. The van der Waals surface area contributed by atoms with Gasteiger partial charge in [0.2, 0.25) is 0 Å². The number of nitrogens with zero attached hydrogens (tertiary/aromatic N) is 1. The number of carbonyl (C=O) groups excluding carboxylic acids is 2. The van der Waals surface area contributed by atoms with Gasteiger partial charge in [-0.3, -0.25) is 4.79 Å². The summed E-state index contributed by atoms with van der Waals surface area (Å²) in [4.78, 5) is 33.9. The minimum atomic E-state index is -0.810. The molecule has 0 aromatic heterocycles. The Bertz CT molecular complexity index is 488. The van der Waals surface area contributed by atoms with Crippen molar-refractivity contribution in [1.29, 1.82) is 0 Å². The molecule has 0 rings (SSSR count). The third kappa shape index (κ3) is 13.0. The first-order chi connectivity index (χ1) is 12.0.